The molecule has 206 valence electrons. The number of amides is 1. The largest absolute Gasteiger partial charge is 0.493 e. The van der Waals surface area contributed by atoms with Crippen molar-refractivity contribution in [1.29, 1.82) is 0 Å². The molecule has 1 atom stereocenters. The number of carbonyl (C=O) groups excluding carboxylic acids is 1. The Morgan fingerprint density at radius 3 is 2.65 bits per heavy atom. The first-order valence-electron chi connectivity index (χ1n) is 13.4. The van der Waals surface area contributed by atoms with Crippen LogP contribution in [0.1, 0.15) is 63.4 Å². The summed E-state index contributed by atoms with van der Waals surface area (Å²) in [5.74, 6) is -4.02. The Bertz CT molecular complexity index is 1630. The number of halogens is 2. The van der Waals surface area contributed by atoms with Crippen LogP contribution in [0.3, 0.4) is 0 Å². The van der Waals surface area contributed by atoms with Gasteiger partial charge in [-0.2, -0.15) is 0 Å². The van der Waals surface area contributed by atoms with Crippen LogP contribution < -0.4 is 4.74 Å². The summed E-state index contributed by atoms with van der Waals surface area (Å²) in [6.45, 7) is 3.20. The van der Waals surface area contributed by atoms with Gasteiger partial charge in [-0.25, -0.2) is 13.5 Å². The van der Waals surface area contributed by atoms with Gasteiger partial charge in [-0.1, -0.05) is 29.5 Å². The van der Waals surface area contributed by atoms with Crippen molar-refractivity contribution in [3.8, 4) is 5.75 Å². The van der Waals surface area contributed by atoms with Gasteiger partial charge in [0.15, 0.2) is 0 Å². The number of benzene rings is 3. The molecule has 1 N–H and O–H groups in total. The maximum Gasteiger partial charge on any atom is 0.304 e. The maximum atomic E-state index is 15.0. The lowest BCUT2D eigenvalue weighted by Gasteiger charge is -2.30. The van der Waals surface area contributed by atoms with Gasteiger partial charge in [-0.05, 0) is 60.1 Å². The molecule has 4 aromatic rings. The van der Waals surface area contributed by atoms with Crippen LogP contribution >= 0.6 is 0 Å². The molecule has 40 heavy (non-hydrogen) atoms. The highest BCUT2D eigenvalue weighted by molar-refractivity contribution is 5.95. The zero-order chi connectivity index (χ0) is 28.0. The Morgan fingerprint density at radius 1 is 1.07 bits per heavy atom. The van der Waals surface area contributed by atoms with Crippen LogP contribution in [0.25, 0.3) is 11.0 Å². The quantitative estimate of drug-likeness (QED) is 0.380. The van der Waals surface area contributed by atoms with Gasteiger partial charge in [0.1, 0.15) is 28.5 Å². The molecule has 1 amide bonds. The van der Waals surface area contributed by atoms with Gasteiger partial charge in [-0.15, -0.1) is 5.10 Å². The van der Waals surface area contributed by atoms with E-state index in [4.69, 9.17) is 4.74 Å². The van der Waals surface area contributed by atoms with Crippen molar-refractivity contribution in [2.24, 2.45) is 0 Å². The molecule has 0 spiro atoms. The average molecular weight is 547 g/mol. The molecule has 0 saturated heterocycles. The number of aryl methyl sites for hydroxylation is 2. The van der Waals surface area contributed by atoms with E-state index in [2.05, 4.69) is 10.3 Å². The van der Waals surface area contributed by atoms with E-state index in [9.17, 15) is 23.5 Å². The van der Waals surface area contributed by atoms with Gasteiger partial charge < -0.3 is 14.7 Å². The van der Waals surface area contributed by atoms with E-state index in [0.29, 0.717) is 32.4 Å². The molecule has 9 bridgehead atoms. The molecule has 3 aromatic carbocycles. The van der Waals surface area contributed by atoms with Crippen LogP contribution in [0, 0.1) is 18.6 Å². The molecule has 9 rings (SSSR count). The second kappa shape index (κ2) is 10.3. The monoisotopic (exact) mass is 546 g/mol. The van der Waals surface area contributed by atoms with Gasteiger partial charge in [-0.3, -0.25) is 9.59 Å². The lowest BCUT2D eigenvalue weighted by atomic mass is 9.83. The summed E-state index contributed by atoms with van der Waals surface area (Å²) < 4.78 is 37.4. The highest BCUT2D eigenvalue weighted by atomic mass is 19.1. The molecular weight excluding hydrogens is 518 g/mol. The smallest absolute Gasteiger partial charge is 0.304 e. The molecule has 5 aliphatic rings. The zero-order valence-electron chi connectivity index (χ0n) is 22.0. The molecule has 1 aromatic heterocycles. The third-order valence-electron chi connectivity index (χ3n) is 7.93. The van der Waals surface area contributed by atoms with Crippen LogP contribution in [0.5, 0.6) is 5.75 Å². The summed E-state index contributed by atoms with van der Waals surface area (Å²) in [5, 5.41) is 18.5. The van der Waals surface area contributed by atoms with E-state index >= 15 is 0 Å². The van der Waals surface area contributed by atoms with E-state index in [1.54, 1.807) is 4.68 Å². The van der Waals surface area contributed by atoms with Gasteiger partial charge in [0, 0.05) is 37.7 Å². The summed E-state index contributed by atoms with van der Waals surface area (Å²) in [6, 6.07) is 11.8. The molecule has 0 aliphatic carbocycles. The Balaban J connectivity index is 1.46. The van der Waals surface area contributed by atoms with Crippen LogP contribution in [-0.2, 0) is 24.3 Å². The molecule has 8 nitrogen and oxygen atoms in total. The van der Waals surface area contributed by atoms with Crippen LogP contribution in [0.15, 0.2) is 42.5 Å². The molecule has 0 saturated carbocycles. The number of hydrogen-bond donors (Lipinski definition) is 1. The van der Waals surface area contributed by atoms with Crippen molar-refractivity contribution < 1.29 is 28.2 Å². The van der Waals surface area contributed by atoms with Gasteiger partial charge in [0.2, 0.25) is 0 Å². The number of hydrogen-bond acceptors (Lipinski definition) is 5. The molecule has 6 heterocycles. The number of aromatic nitrogens is 3. The van der Waals surface area contributed by atoms with Crippen LogP contribution in [-0.4, -0.2) is 50.0 Å². The maximum absolute atomic E-state index is 15.0. The number of ether oxygens (including phenoxy) is 1. The number of nitrogens with zero attached hydrogens (tertiary/aromatic N) is 4. The fraction of sp³-hybridized carbons (Fsp3) is 0.333. The molecule has 0 radical (unpaired) electrons. The Morgan fingerprint density at radius 2 is 1.88 bits per heavy atom. The minimum atomic E-state index is -0.964. The molecule has 5 aliphatic heterocycles. The number of rotatable bonds is 2. The SMILES string of the molecule is Cc1c2ccc3c1nnn3CCCCOc1cc(F)c(c(F)c1)C(=O)N1CCc3ccc(cc3C1)C2CC(=O)O. The number of carboxylic acids is 1. The number of carboxylic acid groups (broad SMARTS) is 1. The highest BCUT2D eigenvalue weighted by Gasteiger charge is 2.29. The Labute approximate surface area is 229 Å². The van der Waals surface area contributed by atoms with E-state index in [1.165, 1.54) is 4.90 Å². The zero-order valence-corrected chi connectivity index (χ0v) is 22.0. The van der Waals surface area contributed by atoms with Gasteiger partial charge >= 0.3 is 5.97 Å². The third-order valence-corrected chi connectivity index (χ3v) is 7.93. The van der Waals surface area contributed by atoms with E-state index in [1.807, 2.05) is 37.3 Å². The predicted molar refractivity (Wildman–Crippen MR) is 142 cm³/mol. The van der Waals surface area contributed by atoms with Crippen molar-refractivity contribution in [3.63, 3.8) is 0 Å². The van der Waals surface area contributed by atoms with E-state index in [0.717, 1.165) is 51.0 Å². The fourth-order valence-electron chi connectivity index (χ4n) is 5.82. The summed E-state index contributed by atoms with van der Waals surface area (Å²) in [5.41, 5.74) is 5.30. The first-order valence-corrected chi connectivity index (χ1v) is 13.4. The Hall–Kier alpha value is -4.34. The lowest BCUT2D eigenvalue weighted by Crippen LogP contribution is -2.37. The van der Waals surface area contributed by atoms with Crippen LogP contribution in [0.2, 0.25) is 0 Å². The summed E-state index contributed by atoms with van der Waals surface area (Å²) in [4.78, 5) is 26.7. The Kier molecular flexibility index (Phi) is 6.69. The standard InChI is InChI=1S/C30H28F2N4O4/c1-17-22-6-7-26-29(17)33-34-36(26)9-2-3-11-40-21-13-24(31)28(25(32)14-21)30(39)35-10-8-18-4-5-19(12-20(18)16-35)23(22)15-27(37)38/h4-7,12-14,23H,2-3,8-11,15-16H2,1H3,(H,37,38). The average Bonchev–Trinajstić information content (AvgIpc) is 3.34. The van der Waals surface area contributed by atoms with Gasteiger partial charge in [0.05, 0.1) is 18.5 Å². The van der Waals surface area contributed by atoms with Crippen molar-refractivity contribution in [3.05, 3.63) is 87.5 Å². The molecule has 1 unspecified atom stereocenters. The van der Waals surface area contributed by atoms with Crippen molar-refractivity contribution >= 4 is 22.9 Å². The third kappa shape index (κ3) is 4.67. The second-order valence-corrected chi connectivity index (χ2v) is 10.4. The fourth-order valence-corrected chi connectivity index (χ4v) is 5.82. The van der Waals surface area contributed by atoms with Crippen molar-refractivity contribution in [2.45, 2.75) is 51.6 Å². The second-order valence-electron chi connectivity index (χ2n) is 10.4. The number of aliphatic carboxylic acids is 1. The minimum absolute atomic E-state index is 0.0323. The topological polar surface area (TPSA) is 97.5 Å². The van der Waals surface area contributed by atoms with E-state index in [-0.39, 0.29) is 25.3 Å². The first-order chi connectivity index (χ1) is 19.3. The van der Waals surface area contributed by atoms with Crippen molar-refractivity contribution in [2.75, 3.05) is 13.2 Å². The number of carbonyl (C=O) groups is 2. The summed E-state index contributed by atoms with van der Waals surface area (Å²) in [7, 11) is 0. The summed E-state index contributed by atoms with van der Waals surface area (Å²) in [6.07, 6.45) is 1.68. The molecule has 0 fully saturated rings. The first kappa shape index (κ1) is 25.9. The van der Waals surface area contributed by atoms with Gasteiger partial charge in [0.25, 0.3) is 5.91 Å². The normalized spacial score (nSPS) is 17.4. The van der Waals surface area contributed by atoms with E-state index < -0.39 is 35.0 Å². The molecular formula is C30H28F2N4O4. The molecule has 10 heteroatoms. The summed E-state index contributed by atoms with van der Waals surface area (Å²) >= 11 is 0. The highest BCUT2D eigenvalue weighted by Crippen LogP contribution is 2.35. The van der Waals surface area contributed by atoms with Crippen molar-refractivity contribution in [1.82, 2.24) is 19.9 Å². The van der Waals surface area contributed by atoms with Crippen LogP contribution in [0.4, 0.5) is 8.78 Å². The predicted octanol–water partition coefficient (Wildman–Crippen LogP) is 5.00. The minimum Gasteiger partial charge on any atom is -0.493 e. The lowest BCUT2D eigenvalue weighted by molar-refractivity contribution is -0.137.